The first-order valence-electron chi connectivity index (χ1n) is 8.16. The van der Waals surface area contributed by atoms with Crippen LogP contribution in [0.25, 0.3) is 0 Å². The lowest BCUT2D eigenvalue weighted by molar-refractivity contribution is -0.137. The van der Waals surface area contributed by atoms with Crippen LogP contribution in [0.3, 0.4) is 0 Å². The number of nitrogens with zero attached hydrogens (tertiary/aromatic N) is 1. The molecule has 1 saturated heterocycles. The maximum Gasteiger partial charge on any atom is 0.416 e. The summed E-state index contributed by atoms with van der Waals surface area (Å²) in [5.41, 5.74) is -1.50. The van der Waals surface area contributed by atoms with E-state index in [4.69, 9.17) is 11.2 Å². The standard InChI is InChI=1S/C20H18F3NO2/c1-2-19(25,16-4-3-5-17(14-16)20(21,22)23)15-6-8-18(9-7-15)24-10-12-26-13-11-24/h1,3-9,14,25H,10-13H2. The predicted octanol–water partition coefficient (Wildman–Crippen LogP) is 3.41. The molecule has 136 valence electrons. The van der Waals surface area contributed by atoms with E-state index in [9.17, 15) is 18.3 Å². The summed E-state index contributed by atoms with van der Waals surface area (Å²) < 4.78 is 44.2. The summed E-state index contributed by atoms with van der Waals surface area (Å²) in [7, 11) is 0. The van der Waals surface area contributed by atoms with Crippen molar-refractivity contribution in [2.24, 2.45) is 0 Å². The second-order valence-electron chi connectivity index (χ2n) is 6.08. The van der Waals surface area contributed by atoms with Gasteiger partial charge in [0.15, 0.2) is 5.60 Å². The second kappa shape index (κ2) is 7.02. The van der Waals surface area contributed by atoms with Gasteiger partial charge >= 0.3 is 6.18 Å². The van der Waals surface area contributed by atoms with Crippen LogP contribution in [0.2, 0.25) is 0 Å². The Hall–Kier alpha value is -2.49. The summed E-state index contributed by atoms with van der Waals surface area (Å²) in [5.74, 6) is 2.24. The Labute approximate surface area is 150 Å². The number of hydrogen-bond acceptors (Lipinski definition) is 3. The minimum absolute atomic E-state index is 0.00828. The Morgan fingerprint density at radius 1 is 0.962 bits per heavy atom. The van der Waals surface area contributed by atoms with Crippen LogP contribution in [-0.4, -0.2) is 31.4 Å². The van der Waals surface area contributed by atoms with Gasteiger partial charge in [0.05, 0.1) is 18.8 Å². The number of terminal acetylenes is 1. The first-order chi connectivity index (χ1) is 12.3. The summed E-state index contributed by atoms with van der Waals surface area (Å²) in [6, 6.07) is 11.4. The fourth-order valence-corrected chi connectivity index (χ4v) is 2.99. The monoisotopic (exact) mass is 361 g/mol. The minimum atomic E-state index is -4.51. The van der Waals surface area contributed by atoms with Crippen LogP contribution in [0.15, 0.2) is 48.5 Å². The SMILES string of the molecule is C#CC(O)(c1ccc(N2CCOCC2)cc1)c1cccc(C(F)(F)F)c1. The van der Waals surface area contributed by atoms with Crippen molar-refractivity contribution in [2.45, 2.75) is 11.8 Å². The van der Waals surface area contributed by atoms with Crippen LogP contribution >= 0.6 is 0 Å². The van der Waals surface area contributed by atoms with Gasteiger partial charge < -0.3 is 14.7 Å². The van der Waals surface area contributed by atoms with Gasteiger partial charge in [0.1, 0.15) is 0 Å². The van der Waals surface area contributed by atoms with Crippen LogP contribution in [0.5, 0.6) is 0 Å². The van der Waals surface area contributed by atoms with E-state index in [1.54, 1.807) is 24.3 Å². The fourth-order valence-electron chi connectivity index (χ4n) is 2.99. The highest BCUT2D eigenvalue weighted by Gasteiger charge is 2.35. The molecule has 1 aliphatic heterocycles. The average Bonchev–Trinajstić information content (AvgIpc) is 2.67. The molecule has 0 aliphatic carbocycles. The molecule has 2 aromatic rings. The summed E-state index contributed by atoms with van der Waals surface area (Å²) in [4.78, 5) is 2.13. The number of alkyl halides is 3. The van der Waals surface area contributed by atoms with E-state index in [0.29, 0.717) is 18.8 Å². The van der Waals surface area contributed by atoms with E-state index in [1.807, 2.05) is 0 Å². The van der Waals surface area contributed by atoms with E-state index < -0.39 is 17.3 Å². The fraction of sp³-hybridized carbons (Fsp3) is 0.300. The molecule has 0 spiro atoms. The van der Waals surface area contributed by atoms with Crippen molar-refractivity contribution in [1.29, 1.82) is 0 Å². The molecule has 1 N–H and O–H groups in total. The van der Waals surface area contributed by atoms with Gasteiger partial charge in [-0.2, -0.15) is 13.2 Å². The van der Waals surface area contributed by atoms with Crippen LogP contribution in [0.4, 0.5) is 18.9 Å². The molecule has 1 unspecified atom stereocenters. The molecule has 1 atom stereocenters. The molecule has 1 heterocycles. The molecule has 2 aromatic carbocycles. The lowest BCUT2D eigenvalue weighted by atomic mass is 9.86. The highest BCUT2D eigenvalue weighted by Crippen LogP contribution is 2.35. The van der Waals surface area contributed by atoms with E-state index in [-0.39, 0.29) is 5.56 Å². The quantitative estimate of drug-likeness (QED) is 0.851. The summed E-state index contributed by atoms with van der Waals surface area (Å²) in [6.45, 7) is 2.79. The Morgan fingerprint density at radius 3 is 2.15 bits per heavy atom. The second-order valence-corrected chi connectivity index (χ2v) is 6.08. The van der Waals surface area contributed by atoms with Gasteiger partial charge in [0.25, 0.3) is 0 Å². The zero-order valence-electron chi connectivity index (χ0n) is 14.0. The Balaban J connectivity index is 1.93. The Morgan fingerprint density at radius 2 is 1.58 bits per heavy atom. The summed E-state index contributed by atoms with van der Waals surface area (Å²) >= 11 is 0. The maximum atomic E-state index is 13.0. The Kier molecular flexibility index (Phi) is 4.94. The number of benzene rings is 2. The van der Waals surface area contributed by atoms with Crippen molar-refractivity contribution in [1.82, 2.24) is 0 Å². The molecular formula is C20H18F3NO2. The highest BCUT2D eigenvalue weighted by molar-refractivity contribution is 5.52. The highest BCUT2D eigenvalue weighted by atomic mass is 19.4. The molecule has 0 amide bonds. The van der Waals surface area contributed by atoms with Crippen molar-refractivity contribution in [2.75, 3.05) is 31.2 Å². The van der Waals surface area contributed by atoms with Gasteiger partial charge in [-0.25, -0.2) is 0 Å². The van der Waals surface area contributed by atoms with Crippen molar-refractivity contribution in [3.8, 4) is 12.3 Å². The number of halogens is 3. The van der Waals surface area contributed by atoms with Crippen molar-refractivity contribution >= 4 is 5.69 Å². The van der Waals surface area contributed by atoms with Gasteiger partial charge in [0.2, 0.25) is 0 Å². The van der Waals surface area contributed by atoms with Crippen molar-refractivity contribution in [3.63, 3.8) is 0 Å². The first kappa shape index (κ1) is 18.3. The van der Waals surface area contributed by atoms with Crippen molar-refractivity contribution in [3.05, 3.63) is 65.2 Å². The van der Waals surface area contributed by atoms with Gasteiger partial charge in [-0.05, 0) is 24.3 Å². The number of hydrogen-bond donors (Lipinski definition) is 1. The molecular weight excluding hydrogens is 343 g/mol. The number of anilines is 1. The molecule has 3 rings (SSSR count). The third kappa shape index (κ3) is 3.55. The van der Waals surface area contributed by atoms with Crippen molar-refractivity contribution < 1.29 is 23.0 Å². The zero-order chi connectivity index (χ0) is 18.8. The van der Waals surface area contributed by atoms with Gasteiger partial charge in [-0.3, -0.25) is 0 Å². The van der Waals surface area contributed by atoms with Gasteiger partial charge in [0, 0.05) is 29.9 Å². The third-order valence-electron chi connectivity index (χ3n) is 4.48. The molecule has 26 heavy (non-hydrogen) atoms. The van der Waals surface area contributed by atoms with Crippen LogP contribution in [0.1, 0.15) is 16.7 Å². The van der Waals surface area contributed by atoms with Crippen LogP contribution < -0.4 is 4.90 Å². The molecule has 1 fully saturated rings. The average molecular weight is 361 g/mol. The molecule has 0 aromatic heterocycles. The normalized spacial score (nSPS) is 17.4. The van der Waals surface area contributed by atoms with Crippen LogP contribution in [-0.2, 0) is 16.5 Å². The summed E-state index contributed by atoms with van der Waals surface area (Å²) in [5, 5.41) is 10.9. The summed E-state index contributed by atoms with van der Waals surface area (Å²) in [6.07, 6.45) is 0.995. The molecule has 6 heteroatoms. The van der Waals surface area contributed by atoms with E-state index in [0.717, 1.165) is 30.9 Å². The lowest BCUT2D eigenvalue weighted by Crippen LogP contribution is -2.36. The van der Waals surface area contributed by atoms with Gasteiger partial charge in [-0.1, -0.05) is 30.2 Å². The number of ether oxygens (including phenoxy) is 1. The molecule has 0 radical (unpaired) electrons. The predicted molar refractivity (Wildman–Crippen MR) is 92.7 cm³/mol. The topological polar surface area (TPSA) is 32.7 Å². The Bertz CT molecular complexity index is 805. The number of morpholine rings is 1. The van der Waals surface area contributed by atoms with E-state index >= 15 is 0 Å². The van der Waals surface area contributed by atoms with Crippen LogP contribution in [0, 0.1) is 12.3 Å². The molecule has 1 aliphatic rings. The minimum Gasteiger partial charge on any atom is -0.378 e. The van der Waals surface area contributed by atoms with E-state index in [1.165, 1.54) is 12.1 Å². The van der Waals surface area contributed by atoms with E-state index in [2.05, 4.69) is 10.8 Å². The molecule has 0 saturated carbocycles. The van der Waals surface area contributed by atoms with Gasteiger partial charge in [-0.15, -0.1) is 6.42 Å². The number of aliphatic hydroxyl groups is 1. The molecule has 0 bridgehead atoms. The maximum absolute atomic E-state index is 13.0. The molecule has 3 nitrogen and oxygen atoms in total. The smallest absolute Gasteiger partial charge is 0.378 e. The zero-order valence-corrected chi connectivity index (χ0v) is 14.0. The number of rotatable bonds is 3. The lowest BCUT2D eigenvalue weighted by Gasteiger charge is -2.30. The largest absolute Gasteiger partial charge is 0.416 e. The first-order valence-corrected chi connectivity index (χ1v) is 8.16. The third-order valence-corrected chi connectivity index (χ3v) is 4.48.